The molecule has 0 aliphatic carbocycles. The van der Waals surface area contributed by atoms with Crippen LogP contribution in [0.3, 0.4) is 0 Å². The van der Waals surface area contributed by atoms with Crippen molar-refractivity contribution >= 4 is 5.82 Å². The van der Waals surface area contributed by atoms with Crippen molar-refractivity contribution in [1.29, 1.82) is 0 Å². The predicted molar refractivity (Wildman–Crippen MR) is 48.8 cm³/mol. The molecule has 0 bridgehead atoms. The predicted octanol–water partition coefficient (Wildman–Crippen LogP) is 0.959. The first-order valence-electron chi connectivity index (χ1n) is 3.52. The highest BCUT2D eigenvalue weighted by molar-refractivity contribution is 5.31. The molecule has 1 rings (SSSR count). The van der Waals surface area contributed by atoms with Crippen molar-refractivity contribution < 1.29 is 0 Å². The summed E-state index contributed by atoms with van der Waals surface area (Å²) in [5.41, 5.74) is 0. The first-order valence-corrected chi connectivity index (χ1v) is 3.52. The number of rotatable bonds is 1. The zero-order chi connectivity index (χ0) is 8.53. The van der Waals surface area contributed by atoms with Crippen molar-refractivity contribution in [3.63, 3.8) is 0 Å². The summed E-state index contributed by atoms with van der Waals surface area (Å²) in [4.78, 5) is 3.99. The molecule has 0 atom stereocenters. The highest BCUT2D eigenvalue weighted by Crippen LogP contribution is 1.95. The molecular formula is C8H15N3. The molecule has 0 aromatic carbocycles. The van der Waals surface area contributed by atoms with E-state index >= 15 is 0 Å². The quantitative estimate of drug-likeness (QED) is 0.631. The summed E-state index contributed by atoms with van der Waals surface area (Å²) < 4.78 is 0. The SMILES string of the molecule is CNC.CNc1ccccn1. The van der Waals surface area contributed by atoms with E-state index in [9.17, 15) is 0 Å². The molecule has 1 aromatic heterocycles. The molecule has 1 aromatic rings. The molecule has 0 amide bonds. The first kappa shape index (κ1) is 9.91. The Morgan fingerprint density at radius 1 is 1.18 bits per heavy atom. The second-order valence-corrected chi connectivity index (χ2v) is 1.96. The van der Waals surface area contributed by atoms with E-state index < -0.39 is 0 Å². The van der Waals surface area contributed by atoms with Crippen LogP contribution < -0.4 is 10.6 Å². The van der Waals surface area contributed by atoms with Gasteiger partial charge in [0.05, 0.1) is 0 Å². The Labute approximate surface area is 67.9 Å². The van der Waals surface area contributed by atoms with Crippen LogP contribution in [0.2, 0.25) is 0 Å². The minimum atomic E-state index is 0.910. The summed E-state index contributed by atoms with van der Waals surface area (Å²) in [5.74, 6) is 0.910. The van der Waals surface area contributed by atoms with E-state index in [1.54, 1.807) is 6.20 Å². The summed E-state index contributed by atoms with van der Waals surface area (Å²) in [5, 5.41) is 5.67. The summed E-state index contributed by atoms with van der Waals surface area (Å²) in [6, 6.07) is 5.75. The maximum absolute atomic E-state index is 3.99. The lowest BCUT2D eigenvalue weighted by Gasteiger charge is -1.92. The largest absolute Gasteiger partial charge is 0.373 e. The van der Waals surface area contributed by atoms with Crippen LogP contribution in [0.15, 0.2) is 24.4 Å². The number of nitrogens with zero attached hydrogens (tertiary/aromatic N) is 1. The molecule has 0 saturated carbocycles. The molecular weight excluding hydrogens is 138 g/mol. The first-order chi connectivity index (χ1) is 5.35. The van der Waals surface area contributed by atoms with Gasteiger partial charge in [0.25, 0.3) is 0 Å². The summed E-state index contributed by atoms with van der Waals surface area (Å²) in [6.45, 7) is 0. The number of aromatic nitrogens is 1. The van der Waals surface area contributed by atoms with E-state index in [4.69, 9.17) is 0 Å². The number of pyridine rings is 1. The molecule has 0 spiro atoms. The van der Waals surface area contributed by atoms with Crippen molar-refractivity contribution in [2.24, 2.45) is 0 Å². The normalized spacial score (nSPS) is 7.91. The van der Waals surface area contributed by atoms with Crippen molar-refractivity contribution in [2.45, 2.75) is 0 Å². The molecule has 3 heteroatoms. The summed E-state index contributed by atoms with van der Waals surface area (Å²) in [6.07, 6.45) is 1.76. The molecule has 3 nitrogen and oxygen atoms in total. The molecule has 0 fully saturated rings. The van der Waals surface area contributed by atoms with Crippen molar-refractivity contribution in [1.82, 2.24) is 10.3 Å². The average Bonchev–Trinajstić information content (AvgIpc) is 2.08. The van der Waals surface area contributed by atoms with E-state index in [0.29, 0.717) is 0 Å². The molecule has 0 aliphatic rings. The maximum Gasteiger partial charge on any atom is 0.125 e. The van der Waals surface area contributed by atoms with Crippen LogP contribution in [-0.4, -0.2) is 26.1 Å². The fraction of sp³-hybridized carbons (Fsp3) is 0.375. The van der Waals surface area contributed by atoms with E-state index in [1.165, 1.54) is 0 Å². The van der Waals surface area contributed by atoms with Crippen LogP contribution >= 0.6 is 0 Å². The van der Waals surface area contributed by atoms with Gasteiger partial charge in [0, 0.05) is 13.2 Å². The highest BCUT2D eigenvalue weighted by Gasteiger charge is 1.79. The zero-order valence-electron chi connectivity index (χ0n) is 7.26. The van der Waals surface area contributed by atoms with Gasteiger partial charge in [-0.1, -0.05) is 6.07 Å². The average molecular weight is 153 g/mol. The Balaban J connectivity index is 0.000000292. The van der Waals surface area contributed by atoms with E-state index in [0.717, 1.165) is 5.82 Å². The number of hydrogen-bond acceptors (Lipinski definition) is 3. The summed E-state index contributed by atoms with van der Waals surface area (Å²) in [7, 11) is 5.60. The standard InChI is InChI=1S/C6H8N2.C2H7N/c1-7-6-4-2-3-5-8-6;1-3-2/h2-5H,1H3,(H,7,8);3H,1-2H3. The van der Waals surface area contributed by atoms with E-state index in [2.05, 4.69) is 15.6 Å². The molecule has 11 heavy (non-hydrogen) atoms. The van der Waals surface area contributed by atoms with Gasteiger partial charge in [-0.05, 0) is 26.2 Å². The van der Waals surface area contributed by atoms with Crippen molar-refractivity contribution in [3.8, 4) is 0 Å². The lowest BCUT2D eigenvalue weighted by molar-refractivity contribution is 1.02. The Morgan fingerprint density at radius 3 is 2.09 bits per heavy atom. The van der Waals surface area contributed by atoms with Gasteiger partial charge in [-0.3, -0.25) is 0 Å². The van der Waals surface area contributed by atoms with Crippen molar-refractivity contribution in [3.05, 3.63) is 24.4 Å². The molecule has 0 aliphatic heterocycles. The molecule has 1 heterocycles. The number of anilines is 1. The van der Waals surface area contributed by atoms with Crippen LogP contribution in [0.25, 0.3) is 0 Å². The Hall–Kier alpha value is -1.09. The lowest BCUT2D eigenvalue weighted by Crippen LogP contribution is -1.89. The minimum Gasteiger partial charge on any atom is -0.373 e. The number of nitrogens with one attached hydrogen (secondary N) is 2. The third-order valence-corrected chi connectivity index (χ3v) is 0.921. The Morgan fingerprint density at radius 2 is 1.82 bits per heavy atom. The maximum atomic E-state index is 3.99. The second kappa shape index (κ2) is 7.02. The van der Waals surface area contributed by atoms with Crippen LogP contribution in [0.4, 0.5) is 5.82 Å². The molecule has 0 radical (unpaired) electrons. The van der Waals surface area contributed by atoms with Gasteiger partial charge in [-0.25, -0.2) is 4.98 Å². The zero-order valence-corrected chi connectivity index (χ0v) is 7.26. The van der Waals surface area contributed by atoms with Crippen LogP contribution in [0.1, 0.15) is 0 Å². The monoisotopic (exact) mass is 153 g/mol. The summed E-state index contributed by atoms with van der Waals surface area (Å²) >= 11 is 0. The molecule has 0 saturated heterocycles. The Bertz CT molecular complexity index is 162. The van der Waals surface area contributed by atoms with Gasteiger partial charge in [0.1, 0.15) is 5.82 Å². The molecule has 2 N–H and O–H groups in total. The Kier molecular flexibility index (Phi) is 6.33. The second-order valence-electron chi connectivity index (χ2n) is 1.96. The number of hydrogen-bond donors (Lipinski definition) is 2. The van der Waals surface area contributed by atoms with Gasteiger partial charge >= 0.3 is 0 Å². The third kappa shape index (κ3) is 5.36. The third-order valence-electron chi connectivity index (χ3n) is 0.921. The highest BCUT2D eigenvalue weighted by atomic mass is 14.9. The van der Waals surface area contributed by atoms with Gasteiger partial charge in [-0.2, -0.15) is 0 Å². The van der Waals surface area contributed by atoms with Crippen molar-refractivity contribution in [2.75, 3.05) is 26.5 Å². The topological polar surface area (TPSA) is 37.0 Å². The minimum absolute atomic E-state index is 0.910. The van der Waals surface area contributed by atoms with Crippen LogP contribution in [-0.2, 0) is 0 Å². The molecule has 62 valence electrons. The lowest BCUT2D eigenvalue weighted by atomic mass is 10.5. The van der Waals surface area contributed by atoms with Gasteiger partial charge in [0.15, 0.2) is 0 Å². The van der Waals surface area contributed by atoms with Gasteiger partial charge in [-0.15, -0.1) is 0 Å². The van der Waals surface area contributed by atoms with Crippen LogP contribution in [0, 0.1) is 0 Å². The van der Waals surface area contributed by atoms with Crippen LogP contribution in [0.5, 0.6) is 0 Å². The van der Waals surface area contributed by atoms with Gasteiger partial charge in [0.2, 0.25) is 0 Å². The fourth-order valence-corrected chi connectivity index (χ4v) is 0.511. The molecule has 0 unspecified atom stereocenters. The fourth-order valence-electron chi connectivity index (χ4n) is 0.511. The van der Waals surface area contributed by atoms with E-state index in [-0.39, 0.29) is 0 Å². The van der Waals surface area contributed by atoms with E-state index in [1.807, 2.05) is 39.3 Å². The smallest absolute Gasteiger partial charge is 0.125 e. The van der Waals surface area contributed by atoms with Gasteiger partial charge < -0.3 is 10.6 Å².